The minimum atomic E-state index is 0.651. The number of aromatic nitrogens is 5. The summed E-state index contributed by atoms with van der Waals surface area (Å²) in [6.07, 6.45) is 1.91. The molecule has 0 aromatic carbocycles. The van der Waals surface area contributed by atoms with Crippen LogP contribution in [0.4, 0.5) is 0 Å². The molecule has 2 heterocycles. The van der Waals surface area contributed by atoms with Gasteiger partial charge < -0.3 is 10.1 Å². The highest BCUT2D eigenvalue weighted by Gasteiger charge is 2.12. The molecule has 0 aliphatic carbocycles. The molecule has 0 saturated heterocycles. The van der Waals surface area contributed by atoms with E-state index in [1.807, 2.05) is 24.9 Å². The van der Waals surface area contributed by atoms with Crippen LogP contribution >= 0.6 is 0 Å². The summed E-state index contributed by atoms with van der Waals surface area (Å²) in [7, 11) is 3.57. The summed E-state index contributed by atoms with van der Waals surface area (Å²) in [5, 5.41) is 16.0. The van der Waals surface area contributed by atoms with Crippen LogP contribution < -0.4 is 5.32 Å². The topological polar surface area (TPSA) is 69.8 Å². The van der Waals surface area contributed by atoms with Crippen LogP contribution in [-0.2, 0) is 24.9 Å². The number of nitrogens with zero attached hydrogens (tertiary/aromatic N) is 5. The van der Waals surface area contributed by atoms with E-state index in [1.54, 1.807) is 11.8 Å². The molecule has 2 aromatic heterocycles. The van der Waals surface area contributed by atoms with E-state index < -0.39 is 0 Å². The standard InChI is InChI=1S/C13H22N6O/c1-10-13(7-14-5-6-20-4)11(2)19(16-10)9-12-8-18(3)17-15-12/h8,14H,5-7,9H2,1-4H3. The van der Waals surface area contributed by atoms with Crippen LogP contribution in [0.1, 0.15) is 22.6 Å². The van der Waals surface area contributed by atoms with Crippen LogP contribution in [0.15, 0.2) is 6.20 Å². The Morgan fingerprint density at radius 3 is 2.80 bits per heavy atom. The van der Waals surface area contributed by atoms with Crippen molar-refractivity contribution in [1.82, 2.24) is 30.1 Å². The average molecular weight is 278 g/mol. The first-order valence-corrected chi connectivity index (χ1v) is 6.69. The van der Waals surface area contributed by atoms with Crippen LogP contribution in [0, 0.1) is 13.8 Å². The molecular formula is C13H22N6O. The first-order valence-electron chi connectivity index (χ1n) is 6.69. The van der Waals surface area contributed by atoms with E-state index in [0.29, 0.717) is 13.2 Å². The van der Waals surface area contributed by atoms with Gasteiger partial charge in [-0.2, -0.15) is 5.10 Å². The second-order valence-corrected chi connectivity index (χ2v) is 4.86. The Labute approximate surface area is 118 Å². The van der Waals surface area contributed by atoms with Crippen LogP contribution in [0.25, 0.3) is 0 Å². The van der Waals surface area contributed by atoms with Gasteiger partial charge in [-0.1, -0.05) is 5.21 Å². The summed E-state index contributed by atoms with van der Waals surface area (Å²) in [5.41, 5.74) is 4.37. The van der Waals surface area contributed by atoms with Gasteiger partial charge in [-0.25, -0.2) is 0 Å². The fourth-order valence-corrected chi connectivity index (χ4v) is 2.15. The maximum Gasteiger partial charge on any atom is 0.104 e. The second kappa shape index (κ2) is 6.62. The highest BCUT2D eigenvalue weighted by Crippen LogP contribution is 2.13. The van der Waals surface area contributed by atoms with E-state index in [0.717, 1.165) is 30.2 Å². The third kappa shape index (κ3) is 3.43. The third-order valence-corrected chi connectivity index (χ3v) is 3.28. The van der Waals surface area contributed by atoms with Crippen LogP contribution in [-0.4, -0.2) is 45.0 Å². The summed E-state index contributed by atoms with van der Waals surface area (Å²) in [4.78, 5) is 0. The molecule has 0 aliphatic rings. The normalized spacial score (nSPS) is 11.2. The van der Waals surface area contributed by atoms with Crippen molar-refractivity contribution in [1.29, 1.82) is 0 Å². The number of methoxy groups -OCH3 is 1. The van der Waals surface area contributed by atoms with Gasteiger partial charge in [0.2, 0.25) is 0 Å². The third-order valence-electron chi connectivity index (χ3n) is 3.28. The summed E-state index contributed by atoms with van der Waals surface area (Å²) in [6.45, 7) is 7.13. The highest BCUT2D eigenvalue weighted by molar-refractivity contribution is 5.24. The number of hydrogen-bond donors (Lipinski definition) is 1. The molecule has 0 bridgehead atoms. The van der Waals surface area contributed by atoms with Gasteiger partial charge in [0.15, 0.2) is 0 Å². The van der Waals surface area contributed by atoms with Crippen molar-refractivity contribution in [3.05, 3.63) is 28.8 Å². The lowest BCUT2D eigenvalue weighted by Gasteiger charge is -2.05. The zero-order valence-corrected chi connectivity index (χ0v) is 12.6. The molecule has 0 aliphatic heterocycles. The van der Waals surface area contributed by atoms with Crippen molar-refractivity contribution in [3.8, 4) is 0 Å². The van der Waals surface area contributed by atoms with Gasteiger partial charge in [0.05, 0.1) is 18.8 Å². The number of rotatable bonds is 7. The van der Waals surface area contributed by atoms with E-state index >= 15 is 0 Å². The minimum Gasteiger partial charge on any atom is -0.383 e. The summed E-state index contributed by atoms with van der Waals surface area (Å²) >= 11 is 0. The Bertz CT molecular complexity index is 559. The van der Waals surface area contributed by atoms with Crippen molar-refractivity contribution >= 4 is 0 Å². The predicted octanol–water partition coefficient (Wildman–Crippen LogP) is 0.413. The Kier molecular flexibility index (Phi) is 4.86. The molecule has 0 saturated carbocycles. The van der Waals surface area contributed by atoms with Gasteiger partial charge >= 0.3 is 0 Å². The quantitative estimate of drug-likeness (QED) is 0.743. The van der Waals surface area contributed by atoms with E-state index in [2.05, 4.69) is 27.7 Å². The summed E-state index contributed by atoms with van der Waals surface area (Å²) in [5.74, 6) is 0. The molecule has 0 unspecified atom stereocenters. The number of aryl methyl sites for hydroxylation is 2. The molecule has 2 aromatic rings. The van der Waals surface area contributed by atoms with E-state index in [9.17, 15) is 0 Å². The number of ether oxygens (including phenoxy) is 1. The lowest BCUT2D eigenvalue weighted by atomic mass is 10.2. The number of nitrogens with one attached hydrogen (secondary N) is 1. The van der Waals surface area contributed by atoms with Crippen molar-refractivity contribution in [3.63, 3.8) is 0 Å². The highest BCUT2D eigenvalue weighted by atomic mass is 16.5. The van der Waals surface area contributed by atoms with Gasteiger partial charge in [-0.05, 0) is 13.8 Å². The van der Waals surface area contributed by atoms with Crippen LogP contribution in [0.5, 0.6) is 0 Å². The fraction of sp³-hybridized carbons (Fsp3) is 0.615. The Morgan fingerprint density at radius 1 is 1.35 bits per heavy atom. The van der Waals surface area contributed by atoms with Gasteiger partial charge in [0.1, 0.15) is 5.69 Å². The lowest BCUT2D eigenvalue weighted by Crippen LogP contribution is -2.19. The molecule has 110 valence electrons. The predicted molar refractivity (Wildman–Crippen MR) is 75.4 cm³/mol. The van der Waals surface area contributed by atoms with Crippen molar-refractivity contribution in [2.75, 3.05) is 20.3 Å². The molecule has 20 heavy (non-hydrogen) atoms. The maximum absolute atomic E-state index is 5.03. The molecule has 0 spiro atoms. The fourth-order valence-electron chi connectivity index (χ4n) is 2.15. The minimum absolute atomic E-state index is 0.651. The van der Waals surface area contributed by atoms with Crippen molar-refractivity contribution < 1.29 is 4.74 Å². The van der Waals surface area contributed by atoms with Gasteiger partial charge in [-0.3, -0.25) is 9.36 Å². The van der Waals surface area contributed by atoms with E-state index in [1.165, 1.54) is 5.56 Å². The SMILES string of the molecule is COCCNCc1c(C)nn(Cc2cn(C)nn2)c1C. The molecule has 7 nitrogen and oxygen atoms in total. The van der Waals surface area contributed by atoms with E-state index in [4.69, 9.17) is 4.74 Å². The van der Waals surface area contributed by atoms with E-state index in [-0.39, 0.29) is 0 Å². The number of hydrogen-bond acceptors (Lipinski definition) is 5. The Morgan fingerprint density at radius 2 is 2.15 bits per heavy atom. The lowest BCUT2D eigenvalue weighted by molar-refractivity contribution is 0.199. The molecule has 0 fully saturated rings. The van der Waals surface area contributed by atoms with Gasteiger partial charge in [0.25, 0.3) is 0 Å². The summed E-state index contributed by atoms with van der Waals surface area (Å²) in [6, 6.07) is 0. The maximum atomic E-state index is 5.03. The Balaban J connectivity index is 2.04. The first-order chi connectivity index (χ1) is 9.61. The largest absolute Gasteiger partial charge is 0.383 e. The monoisotopic (exact) mass is 278 g/mol. The van der Waals surface area contributed by atoms with Crippen molar-refractivity contribution in [2.45, 2.75) is 26.9 Å². The second-order valence-electron chi connectivity index (χ2n) is 4.86. The Hall–Kier alpha value is -1.73. The molecular weight excluding hydrogens is 256 g/mol. The van der Waals surface area contributed by atoms with Gasteiger partial charge in [-0.15, -0.1) is 5.10 Å². The zero-order valence-electron chi connectivity index (χ0n) is 12.6. The molecule has 7 heteroatoms. The average Bonchev–Trinajstić information content (AvgIpc) is 2.93. The molecule has 1 N–H and O–H groups in total. The molecule has 0 amide bonds. The smallest absolute Gasteiger partial charge is 0.104 e. The van der Waals surface area contributed by atoms with Crippen molar-refractivity contribution in [2.24, 2.45) is 7.05 Å². The molecule has 2 rings (SSSR count). The van der Waals surface area contributed by atoms with Crippen LogP contribution in [0.2, 0.25) is 0 Å². The summed E-state index contributed by atoms with van der Waals surface area (Å²) < 4.78 is 8.71. The first kappa shape index (κ1) is 14.7. The zero-order chi connectivity index (χ0) is 14.5. The van der Waals surface area contributed by atoms with Crippen LogP contribution in [0.3, 0.4) is 0 Å². The molecule has 0 radical (unpaired) electrons. The molecule has 0 atom stereocenters. The van der Waals surface area contributed by atoms with Gasteiger partial charge in [0, 0.05) is 44.7 Å².